The van der Waals surface area contributed by atoms with Crippen molar-refractivity contribution in [3.63, 3.8) is 0 Å². The highest BCUT2D eigenvalue weighted by Gasteiger charge is 2.26. The predicted molar refractivity (Wildman–Crippen MR) is 109 cm³/mol. The van der Waals surface area contributed by atoms with E-state index in [1.165, 1.54) is 11.8 Å². The molecule has 0 fully saturated rings. The van der Waals surface area contributed by atoms with Crippen LogP contribution in [0.1, 0.15) is 18.7 Å². The predicted octanol–water partition coefficient (Wildman–Crippen LogP) is 4.92. The lowest BCUT2D eigenvalue weighted by molar-refractivity contribution is 0.225. The Morgan fingerprint density at radius 1 is 1.19 bits per heavy atom. The van der Waals surface area contributed by atoms with Gasteiger partial charge >= 0.3 is 0 Å². The standard InChI is InChI=1S/C19H17BrN4O2S/c1-3-25-13-7-4-11(5-8-13)17-21-15-9-6-12(20)10-14(15)16-18(26-17)22-19(27-2)24-23-16/h4-10,17,21H,3H2,1-2H3. The van der Waals surface area contributed by atoms with Gasteiger partial charge in [0.1, 0.15) is 5.75 Å². The second-order valence-corrected chi connectivity index (χ2v) is 7.48. The molecule has 6 nitrogen and oxygen atoms in total. The molecule has 0 radical (unpaired) electrons. The van der Waals surface area contributed by atoms with Crippen LogP contribution < -0.4 is 14.8 Å². The molecule has 0 saturated heterocycles. The van der Waals surface area contributed by atoms with Crippen LogP contribution in [0.5, 0.6) is 11.6 Å². The van der Waals surface area contributed by atoms with E-state index >= 15 is 0 Å². The summed E-state index contributed by atoms with van der Waals surface area (Å²) in [7, 11) is 0. The second kappa shape index (κ2) is 7.74. The van der Waals surface area contributed by atoms with Gasteiger partial charge in [-0.1, -0.05) is 27.7 Å². The topological polar surface area (TPSA) is 69.2 Å². The molecule has 0 bridgehead atoms. The summed E-state index contributed by atoms with van der Waals surface area (Å²) in [5.74, 6) is 1.28. The maximum absolute atomic E-state index is 6.21. The van der Waals surface area contributed by atoms with Crippen LogP contribution in [0.25, 0.3) is 11.3 Å². The monoisotopic (exact) mass is 444 g/mol. The highest BCUT2D eigenvalue weighted by atomic mass is 79.9. The van der Waals surface area contributed by atoms with E-state index in [2.05, 4.69) is 36.4 Å². The quantitative estimate of drug-likeness (QED) is 0.572. The zero-order valence-corrected chi connectivity index (χ0v) is 17.2. The molecule has 138 valence electrons. The Kier molecular flexibility index (Phi) is 5.18. The molecule has 8 heteroatoms. The fourth-order valence-electron chi connectivity index (χ4n) is 2.81. The van der Waals surface area contributed by atoms with Gasteiger partial charge in [-0.3, -0.25) is 0 Å². The molecular formula is C19H17BrN4O2S. The average molecular weight is 445 g/mol. The van der Waals surface area contributed by atoms with E-state index in [4.69, 9.17) is 9.47 Å². The number of fused-ring (bicyclic) bond motifs is 3. The van der Waals surface area contributed by atoms with Crippen LogP contribution in [0.2, 0.25) is 0 Å². The molecule has 0 spiro atoms. The number of aromatic nitrogens is 3. The fourth-order valence-corrected chi connectivity index (χ4v) is 3.47. The highest BCUT2D eigenvalue weighted by molar-refractivity contribution is 9.10. The maximum atomic E-state index is 6.21. The average Bonchev–Trinajstić information content (AvgIpc) is 2.85. The first kappa shape index (κ1) is 18.1. The van der Waals surface area contributed by atoms with E-state index in [0.717, 1.165) is 27.0 Å². The maximum Gasteiger partial charge on any atom is 0.247 e. The summed E-state index contributed by atoms with van der Waals surface area (Å²) in [6, 6.07) is 13.8. The Morgan fingerprint density at radius 3 is 2.74 bits per heavy atom. The zero-order chi connectivity index (χ0) is 18.8. The van der Waals surface area contributed by atoms with Gasteiger partial charge in [0.2, 0.25) is 11.0 Å². The first-order valence-electron chi connectivity index (χ1n) is 8.42. The van der Waals surface area contributed by atoms with Crippen molar-refractivity contribution in [2.75, 3.05) is 18.2 Å². The number of nitrogens with zero attached hydrogens (tertiary/aromatic N) is 3. The first-order valence-corrected chi connectivity index (χ1v) is 10.4. The molecule has 3 aromatic rings. The second-order valence-electron chi connectivity index (χ2n) is 5.79. The van der Waals surface area contributed by atoms with Crippen molar-refractivity contribution in [1.29, 1.82) is 0 Å². The minimum Gasteiger partial charge on any atom is -0.494 e. The summed E-state index contributed by atoms with van der Waals surface area (Å²) in [4.78, 5) is 4.53. The largest absolute Gasteiger partial charge is 0.494 e. The van der Waals surface area contributed by atoms with Crippen molar-refractivity contribution in [3.05, 3.63) is 52.5 Å². The van der Waals surface area contributed by atoms with Crippen LogP contribution in [0.15, 0.2) is 52.1 Å². The van der Waals surface area contributed by atoms with Crippen LogP contribution in [0.3, 0.4) is 0 Å². The van der Waals surface area contributed by atoms with Gasteiger partial charge in [-0.15, -0.1) is 10.2 Å². The smallest absolute Gasteiger partial charge is 0.247 e. The van der Waals surface area contributed by atoms with Gasteiger partial charge in [0.15, 0.2) is 11.9 Å². The fraction of sp³-hybridized carbons (Fsp3) is 0.211. The number of anilines is 1. The lowest BCUT2D eigenvalue weighted by Crippen LogP contribution is -2.17. The van der Waals surface area contributed by atoms with E-state index in [-0.39, 0.29) is 0 Å². The van der Waals surface area contributed by atoms with Crippen LogP contribution in [0, 0.1) is 0 Å². The van der Waals surface area contributed by atoms with E-state index < -0.39 is 6.23 Å². The third-order valence-corrected chi connectivity index (χ3v) is 5.10. The lowest BCUT2D eigenvalue weighted by atomic mass is 10.1. The number of thioether (sulfide) groups is 1. The number of hydrogen-bond donors (Lipinski definition) is 1. The van der Waals surface area contributed by atoms with Gasteiger partial charge in [-0.25, -0.2) is 0 Å². The molecule has 1 aromatic heterocycles. The number of ether oxygens (including phenoxy) is 2. The van der Waals surface area contributed by atoms with Gasteiger partial charge in [-0.05, 0) is 55.6 Å². The van der Waals surface area contributed by atoms with Gasteiger partial charge < -0.3 is 14.8 Å². The number of nitrogens with one attached hydrogen (secondary N) is 1. The summed E-state index contributed by atoms with van der Waals surface area (Å²) in [6.07, 6.45) is 1.50. The van der Waals surface area contributed by atoms with Crippen LogP contribution in [-0.2, 0) is 0 Å². The molecule has 2 aromatic carbocycles. The minimum atomic E-state index is -0.409. The highest BCUT2D eigenvalue weighted by Crippen LogP contribution is 2.40. The summed E-state index contributed by atoms with van der Waals surface area (Å²) in [5, 5.41) is 12.5. The minimum absolute atomic E-state index is 0.409. The van der Waals surface area contributed by atoms with Crippen molar-refractivity contribution < 1.29 is 9.47 Å². The Hall–Kier alpha value is -2.32. The molecule has 27 heavy (non-hydrogen) atoms. The molecule has 1 unspecified atom stereocenters. The van der Waals surface area contributed by atoms with Crippen LogP contribution >= 0.6 is 27.7 Å². The van der Waals surface area contributed by atoms with Gasteiger partial charge in [0.25, 0.3) is 0 Å². The molecule has 0 aliphatic carbocycles. The van der Waals surface area contributed by atoms with Crippen molar-refractivity contribution in [2.45, 2.75) is 18.3 Å². The van der Waals surface area contributed by atoms with Crippen molar-refractivity contribution >= 4 is 33.4 Å². The summed E-state index contributed by atoms with van der Waals surface area (Å²) in [5.41, 5.74) is 3.37. The van der Waals surface area contributed by atoms with Crippen LogP contribution in [-0.4, -0.2) is 28.0 Å². The molecule has 1 N–H and O–H groups in total. The number of hydrogen-bond acceptors (Lipinski definition) is 7. The summed E-state index contributed by atoms with van der Waals surface area (Å²) >= 11 is 4.95. The van der Waals surface area contributed by atoms with E-state index in [9.17, 15) is 0 Å². The van der Waals surface area contributed by atoms with Gasteiger partial charge in [0.05, 0.1) is 6.61 Å². The third-order valence-electron chi connectivity index (χ3n) is 4.06. The van der Waals surface area contributed by atoms with Crippen molar-refractivity contribution in [2.24, 2.45) is 0 Å². The van der Waals surface area contributed by atoms with E-state index in [0.29, 0.717) is 23.3 Å². The van der Waals surface area contributed by atoms with Crippen molar-refractivity contribution in [3.8, 4) is 22.9 Å². The molecule has 4 rings (SSSR count). The molecule has 1 atom stereocenters. The number of halogens is 1. The third kappa shape index (κ3) is 3.72. The number of benzene rings is 2. The van der Waals surface area contributed by atoms with Crippen molar-refractivity contribution in [1.82, 2.24) is 15.2 Å². The molecule has 1 aliphatic heterocycles. The van der Waals surface area contributed by atoms with E-state index in [1.807, 2.05) is 55.6 Å². The van der Waals surface area contributed by atoms with Gasteiger partial charge in [0, 0.05) is 21.3 Å². The number of rotatable bonds is 4. The SMILES string of the molecule is CCOc1ccc(C2Nc3ccc(Br)cc3-c3nnc(SC)nc3O2)cc1. The van der Waals surface area contributed by atoms with E-state index in [1.54, 1.807) is 0 Å². The summed E-state index contributed by atoms with van der Waals surface area (Å²) in [6.45, 7) is 2.60. The Bertz CT molecular complexity index is 968. The zero-order valence-electron chi connectivity index (χ0n) is 14.8. The Morgan fingerprint density at radius 2 is 2.00 bits per heavy atom. The molecule has 0 saturated carbocycles. The molecule has 0 amide bonds. The molecule has 1 aliphatic rings. The normalized spacial score (nSPS) is 15.0. The Balaban J connectivity index is 1.78. The summed E-state index contributed by atoms with van der Waals surface area (Å²) < 4.78 is 12.7. The van der Waals surface area contributed by atoms with Gasteiger partial charge in [-0.2, -0.15) is 4.98 Å². The molecule has 2 heterocycles. The first-order chi connectivity index (χ1) is 13.2. The van der Waals surface area contributed by atoms with Crippen LogP contribution in [0.4, 0.5) is 5.69 Å². The Labute approximate surface area is 169 Å². The lowest BCUT2D eigenvalue weighted by Gasteiger charge is -2.19. The molecular weight excluding hydrogens is 428 g/mol.